The standard InChI is InChI=1S/C12H12ClF3N2O3/c13-7-5-6(12(14,15)16)1-3-9(7)18-11(21)8(17)2-4-10(19)20/h1,3,5,8H,2,4,17H2,(H,18,21)(H,19,20). The molecule has 0 spiro atoms. The van der Waals surface area contributed by atoms with E-state index < -0.39 is 29.7 Å². The molecular formula is C12H12ClF3N2O3. The number of amides is 1. The molecule has 0 aromatic heterocycles. The second-order valence-corrected chi connectivity index (χ2v) is 4.63. The molecule has 0 saturated heterocycles. The van der Waals surface area contributed by atoms with E-state index in [0.29, 0.717) is 6.07 Å². The van der Waals surface area contributed by atoms with E-state index in [9.17, 15) is 22.8 Å². The van der Waals surface area contributed by atoms with Crippen LogP contribution in [0.2, 0.25) is 5.02 Å². The van der Waals surface area contributed by atoms with Gasteiger partial charge in [-0.1, -0.05) is 11.6 Å². The minimum absolute atomic E-state index is 0.0274. The third-order valence-corrected chi connectivity index (χ3v) is 2.87. The average molecular weight is 325 g/mol. The van der Waals surface area contributed by atoms with Crippen LogP contribution in [-0.4, -0.2) is 23.0 Å². The normalized spacial score (nSPS) is 12.8. The van der Waals surface area contributed by atoms with Gasteiger partial charge in [0.2, 0.25) is 5.91 Å². The fourth-order valence-electron chi connectivity index (χ4n) is 1.43. The number of anilines is 1. The summed E-state index contributed by atoms with van der Waals surface area (Å²) in [5, 5.41) is 10.4. The molecule has 1 aromatic rings. The number of aliphatic carboxylic acids is 1. The molecule has 1 rings (SSSR count). The molecule has 1 aromatic carbocycles. The Hall–Kier alpha value is -1.80. The summed E-state index contributed by atoms with van der Waals surface area (Å²) < 4.78 is 37.3. The van der Waals surface area contributed by atoms with Crippen LogP contribution in [0.1, 0.15) is 18.4 Å². The quantitative estimate of drug-likeness (QED) is 0.776. The molecule has 0 radical (unpaired) electrons. The largest absolute Gasteiger partial charge is 0.481 e. The number of alkyl halides is 3. The van der Waals surface area contributed by atoms with Gasteiger partial charge in [0.15, 0.2) is 0 Å². The summed E-state index contributed by atoms with van der Waals surface area (Å²) in [6, 6.07) is 1.36. The Bertz CT molecular complexity index is 549. The number of carbonyl (C=O) groups is 2. The van der Waals surface area contributed by atoms with Gasteiger partial charge in [-0.15, -0.1) is 0 Å². The summed E-state index contributed by atoms with van der Waals surface area (Å²) in [7, 11) is 0. The monoisotopic (exact) mass is 324 g/mol. The van der Waals surface area contributed by atoms with Gasteiger partial charge in [0.05, 0.1) is 22.3 Å². The van der Waals surface area contributed by atoms with Crippen molar-refractivity contribution in [2.24, 2.45) is 5.73 Å². The van der Waals surface area contributed by atoms with Crippen molar-refractivity contribution in [3.8, 4) is 0 Å². The number of benzene rings is 1. The van der Waals surface area contributed by atoms with E-state index in [1.807, 2.05) is 0 Å². The molecular weight excluding hydrogens is 313 g/mol. The Morgan fingerprint density at radius 1 is 1.38 bits per heavy atom. The summed E-state index contributed by atoms with van der Waals surface area (Å²) >= 11 is 5.66. The van der Waals surface area contributed by atoms with Crippen LogP contribution in [0.3, 0.4) is 0 Å². The predicted molar refractivity (Wildman–Crippen MR) is 69.9 cm³/mol. The smallest absolute Gasteiger partial charge is 0.416 e. The minimum atomic E-state index is -4.54. The van der Waals surface area contributed by atoms with E-state index in [1.165, 1.54) is 0 Å². The minimum Gasteiger partial charge on any atom is -0.481 e. The molecule has 1 unspecified atom stereocenters. The highest BCUT2D eigenvalue weighted by Gasteiger charge is 2.31. The zero-order valence-electron chi connectivity index (χ0n) is 10.6. The fourth-order valence-corrected chi connectivity index (χ4v) is 1.66. The van der Waals surface area contributed by atoms with Crippen LogP contribution < -0.4 is 11.1 Å². The topological polar surface area (TPSA) is 92.4 Å². The second kappa shape index (κ2) is 6.77. The van der Waals surface area contributed by atoms with E-state index in [4.69, 9.17) is 22.4 Å². The van der Waals surface area contributed by atoms with E-state index in [-0.39, 0.29) is 23.6 Å². The number of halogens is 4. The van der Waals surface area contributed by atoms with Gasteiger partial charge in [0.1, 0.15) is 0 Å². The first-order valence-corrected chi connectivity index (χ1v) is 6.14. The Kier molecular flexibility index (Phi) is 5.56. The van der Waals surface area contributed by atoms with Crippen molar-refractivity contribution >= 4 is 29.2 Å². The number of hydrogen-bond donors (Lipinski definition) is 3. The summed E-state index contributed by atoms with van der Waals surface area (Å²) in [6.45, 7) is 0. The maximum atomic E-state index is 12.4. The van der Waals surface area contributed by atoms with Crippen molar-refractivity contribution in [1.29, 1.82) is 0 Å². The highest BCUT2D eigenvalue weighted by molar-refractivity contribution is 6.33. The molecule has 1 atom stereocenters. The fraction of sp³-hybridized carbons (Fsp3) is 0.333. The van der Waals surface area contributed by atoms with E-state index in [0.717, 1.165) is 12.1 Å². The number of hydrogen-bond acceptors (Lipinski definition) is 3. The molecule has 0 fully saturated rings. The predicted octanol–water partition coefficient (Wildman–Crippen LogP) is 2.49. The number of carboxylic acids is 1. The second-order valence-electron chi connectivity index (χ2n) is 4.22. The van der Waals surface area contributed by atoms with Crippen LogP contribution in [0.25, 0.3) is 0 Å². The van der Waals surface area contributed by atoms with E-state index in [2.05, 4.69) is 5.32 Å². The molecule has 0 bridgehead atoms. The van der Waals surface area contributed by atoms with Crippen molar-refractivity contribution in [3.63, 3.8) is 0 Å². The van der Waals surface area contributed by atoms with Crippen molar-refractivity contribution in [2.45, 2.75) is 25.1 Å². The lowest BCUT2D eigenvalue weighted by Crippen LogP contribution is -2.36. The molecule has 116 valence electrons. The van der Waals surface area contributed by atoms with Gasteiger partial charge >= 0.3 is 12.1 Å². The molecule has 4 N–H and O–H groups in total. The van der Waals surface area contributed by atoms with Crippen LogP contribution in [0.4, 0.5) is 18.9 Å². The molecule has 0 aliphatic carbocycles. The first-order chi connectivity index (χ1) is 9.61. The maximum Gasteiger partial charge on any atom is 0.416 e. The highest BCUT2D eigenvalue weighted by atomic mass is 35.5. The van der Waals surface area contributed by atoms with E-state index in [1.54, 1.807) is 0 Å². The van der Waals surface area contributed by atoms with Gasteiger partial charge in [-0.2, -0.15) is 13.2 Å². The van der Waals surface area contributed by atoms with Crippen LogP contribution in [0.15, 0.2) is 18.2 Å². The SMILES string of the molecule is NC(CCC(=O)O)C(=O)Nc1ccc(C(F)(F)F)cc1Cl. The molecule has 0 heterocycles. The molecule has 0 aliphatic heterocycles. The number of nitrogens with one attached hydrogen (secondary N) is 1. The van der Waals surface area contributed by atoms with Gasteiger partial charge in [0, 0.05) is 6.42 Å². The highest BCUT2D eigenvalue weighted by Crippen LogP contribution is 2.33. The Morgan fingerprint density at radius 3 is 2.48 bits per heavy atom. The lowest BCUT2D eigenvalue weighted by Gasteiger charge is -2.14. The molecule has 0 aliphatic rings. The molecule has 9 heteroatoms. The van der Waals surface area contributed by atoms with Crippen molar-refractivity contribution in [2.75, 3.05) is 5.32 Å². The number of carboxylic acid groups (broad SMARTS) is 1. The number of carbonyl (C=O) groups excluding carboxylic acids is 1. The summed E-state index contributed by atoms with van der Waals surface area (Å²) in [5.74, 6) is -1.83. The Balaban J connectivity index is 2.75. The van der Waals surface area contributed by atoms with Crippen LogP contribution in [0.5, 0.6) is 0 Å². The number of nitrogens with two attached hydrogens (primary N) is 1. The van der Waals surface area contributed by atoms with Crippen LogP contribution in [-0.2, 0) is 15.8 Å². The Morgan fingerprint density at radius 2 is 2.00 bits per heavy atom. The average Bonchev–Trinajstić information content (AvgIpc) is 2.36. The van der Waals surface area contributed by atoms with Crippen molar-refractivity contribution in [1.82, 2.24) is 0 Å². The van der Waals surface area contributed by atoms with Crippen molar-refractivity contribution < 1.29 is 27.9 Å². The van der Waals surface area contributed by atoms with Crippen LogP contribution >= 0.6 is 11.6 Å². The summed E-state index contributed by atoms with van der Waals surface area (Å²) in [4.78, 5) is 22.0. The van der Waals surface area contributed by atoms with Gasteiger partial charge in [-0.3, -0.25) is 9.59 Å². The first-order valence-electron chi connectivity index (χ1n) is 5.76. The number of rotatable bonds is 5. The molecule has 1 amide bonds. The van der Waals surface area contributed by atoms with Crippen LogP contribution in [0, 0.1) is 0 Å². The van der Waals surface area contributed by atoms with Gasteiger partial charge in [0.25, 0.3) is 0 Å². The molecule has 5 nitrogen and oxygen atoms in total. The lowest BCUT2D eigenvalue weighted by molar-refractivity contribution is -0.138. The maximum absolute atomic E-state index is 12.4. The third-order valence-electron chi connectivity index (χ3n) is 2.56. The first kappa shape index (κ1) is 17.3. The zero-order valence-corrected chi connectivity index (χ0v) is 11.3. The van der Waals surface area contributed by atoms with E-state index >= 15 is 0 Å². The Labute approximate surface area is 122 Å². The van der Waals surface area contributed by atoms with Gasteiger partial charge in [-0.25, -0.2) is 0 Å². The molecule has 0 saturated carbocycles. The van der Waals surface area contributed by atoms with Gasteiger partial charge < -0.3 is 16.2 Å². The zero-order chi connectivity index (χ0) is 16.2. The lowest BCUT2D eigenvalue weighted by atomic mass is 10.1. The van der Waals surface area contributed by atoms with Crippen molar-refractivity contribution in [3.05, 3.63) is 28.8 Å². The summed E-state index contributed by atoms with van der Waals surface area (Å²) in [5.41, 5.74) is 4.49. The molecule has 21 heavy (non-hydrogen) atoms. The summed E-state index contributed by atoms with van der Waals surface area (Å²) in [6.07, 6.45) is -4.93. The third kappa shape index (κ3) is 5.24. The van der Waals surface area contributed by atoms with Gasteiger partial charge in [-0.05, 0) is 24.6 Å².